The van der Waals surface area contributed by atoms with Crippen LogP contribution < -0.4 is 4.31 Å². The van der Waals surface area contributed by atoms with E-state index in [1.807, 2.05) is 13.1 Å². The van der Waals surface area contributed by atoms with Gasteiger partial charge in [0.2, 0.25) is 0 Å². The maximum atomic E-state index is 13.0. The first-order valence-corrected chi connectivity index (χ1v) is 10.8. The molecule has 27 heavy (non-hydrogen) atoms. The van der Waals surface area contributed by atoms with E-state index in [1.54, 1.807) is 41.3 Å². The molecule has 0 bridgehead atoms. The van der Waals surface area contributed by atoms with Crippen molar-refractivity contribution >= 4 is 21.6 Å². The number of anilines is 1. The molecule has 0 N–H and O–H groups in total. The zero-order chi connectivity index (χ0) is 19.4. The Morgan fingerprint density at radius 1 is 0.926 bits per heavy atom. The van der Waals surface area contributed by atoms with Gasteiger partial charge in [-0.05, 0) is 43.2 Å². The third-order valence-electron chi connectivity index (χ3n) is 5.30. The van der Waals surface area contributed by atoms with Gasteiger partial charge in [-0.1, -0.05) is 43.5 Å². The zero-order valence-corrected chi connectivity index (χ0v) is 16.7. The van der Waals surface area contributed by atoms with Crippen LogP contribution in [0.25, 0.3) is 0 Å². The number of benzene rings is 2. The molecular formula is C21H26N2O3S. The van der Waals surface area contributed by atoms with Gasteiger partial charge < -0.3 is 4.90 Å². The minimum Gasteiger partial charge on any atom is -0.339 e. The van der Waals surface area contributed by atoms with Crippen molar-refractivity contribution in [2.45, 2.75) is 43.0 Å². The summed E-state index contributed by atoms with van der Waals surface area (Å²) in [7, 11) is -0.400. The first kappa shape index (κ1) is 19.4. The monoisotopic (exact) mass is 386 g/mol. The third kappa shape index (κ3) is 4.16. The summed E-state index contributed by atoms with van der Waals surface area (Å²) in [6, 6.07) is 15.5. The van der Waals surface area contributed by atoms with Crippen LogP contribution >= 0.6 is 0 Å². The van der Waals surface area contributed by atoms with Crippen molar-refractivity contribution in [3.63, 3.8) is 0 Å². The SMILES string of the molecule is CN(C(=O)c1cccc(S(=O)(=O)N(C)c2ccccc2)c1)C1CCCCC1. The molecular weight excluding hydrogens is 360 g/mol. The predicted molar refractivity (Wildman–Crippen MR) is 107 cm³/mol. The molecule has 0 aliphatic heterocycles. The number of para-hydroxylation sites is 1. The third-order valence-corrected chi connectivity index (χ3v) is 7.08. The fourth-order valence-electron chi connectivity index (χ4n) is 3.56. The number of amides is 1. The summed E-state index contributed by atoms with van der Waals surface area (Å²) in [5.74, 6) is -0.124. The molecule has 1 amide bonds. The highest BCUT2D eigenvalue weighted by Gasteiger charge is 2.26. The van der Waals surface area contributed by atoms with Gasteiger partial charge >= 0.3 is 0 Å². The summed E-state index contributed by atoms with van der Waals surface area (Å²) in [4.78, 5) is 14.8. The van der Waals surface area contributed by atoms with Gasteiger partial charge in [0, 0.05) is 25.7 Å². The average Bonchev–Trinajstić information content (AvgIpc) is 2.73. The molecule has 5 nitrogen and oxygen atoms in total. The van der Waals surface area contributed by atoms with Gasteiger partial charge in [0.25, 0.3) is 15.9 Å². The zero-order valence-electron chi connectivity index (χ0n) is 15.8. The van der Waals surface area contributed by atoms with Crippen LogP contribution in [0, 0.1) is 0 Å². The number of carbonyl (C=O) groups excluding carboxylic acids is 1. The topological polar surface area (TPSA) is 57.7 Å². The molecule has 0 radical (unpaired) electrons. The Morgan fingerprint density at radius 2 is 1.59 bits per heavy atom. The fraction of sp³-hybridized carbons (Fsp3) is 0.381. The lowest BCUT2D eigenvalue weighted by Gasteiger charge is -2.31. The van der Waals surface area contributed by atoms with E-state index in [-0.39, 0.29) is 16.8 Å². The normalized spacial score (nSPS) is 15.3. The molecule has 3 rings (SSSR count). The highest BCUT2D eigenvalue weighted by Crippen LogP contribution is 2.25. The molecule has 0 saturated heterocycles. The molecule has 2 aromatic rings. The molecule has 1 saturated carbocycles. The van der Waals surface area contributed by atoms with Gasteiger partial charge in [-0.25, -0.2) is 8.42 Å². The van der Waals surface area contributed by atoms with E-state index in [0.717, 1.165) is 25.7 Å². The van der Waals surface area contributed by atoms with Crippen LogP contribution in [0.15, 0.2) is 59.5 Å². The van der Waals surface area contributed by atoms with Crippen molar-refractivity contribution in [2.75, 3.05) is 18.4 Å². The number of nitrogens with zero attached hydrogens (tertiary/aromatic N) is 2. The van der Waals surface area contributed by atoms with Crippen molar-refractivity contribution in [1.82, 2.24) is 4.90 Å². The van der Waals surface area contributed by atoms with E-state index < -0.39 is 10.0 Å². The van der Waals surface area contributed by atoms with Gasteiger partial charge in [-0.2, -0.15) is 0 Å². The maximum absolute atomic E-state index is 13.0. The second kappa shape index (κ2) is 8.13. The second-order valence-electron chi connectivity index (χ2n) is 7.04. The molecule has 0 heterocycles. The van der Waals surface area contributed by atoms with Crippen molar-refractivity contribution < 1.29 is 13.2 Å². The minimum atomic E-state index is -3.74. The number of hydrogen-bond acceptors (Lipinski definition) is 3. The van der Waals surface area contributed by atoms with E-state index in [4.69, 9.17) is 0 Å². The van der Waals surface area contributed by atoms with Crippen LogP contribution in [-0.2, 0) is 10.0 Å². The molecule has 1 aliphatic carbocycles. The highest BCUT2D eigenvalue weighted by atomic mass is 32.2. The summed E-state index contributed by atoms with van der Waals surface area (Å²) in [5, 5.41) is 0. The molecule has 0 unspecified atom stereocenters. The van der Waals surface area contributed by atoms with Crippen LogP contribution in [-0.4, -0.2) is 39.4 Å². The van der Waals surface area contributed by atoms with E-state index >= 15 is 0 Å². The Bertz CT molecular complexity index is 891. The van der Waals surface area contributed by atoms with Crippen LogP contribution in [0.1, 0.15) is 42.5 Å². The van der Waals surface area contributed by atoms with Gasteiger partial charge in [0.1, 0.15) is 0 Å². The Kier molecular flexibility index (Phi) is 5.85. The summed E-state index contributed by atoms with van der Waals surface area (Å²) in [5.41, 5.74) is 0.985. The highest BCUT2D eigenvalue weighted by molar-refractivity contribution is 7.92. The van der Waals surface area contributed by atoms with Crippen LogP contribution in [0.3, 0.4) is 0 Å². The first-order chi connectivity index (χ1) is 12.9. The first-order valence-electron chi connectivity index (χ1n) is 9.32. The van der Waals surface area contributed by atoms with E-state index in [2.05, 4.69) is 0 Å². The smallest absolute Gasteiger partial charge is 0.264 e. The van der Waals surface area contributed by atoms with Crippen LogP contribution in [0.4, 0.5) is 5.69 Å². The summed E-state index contributed by atoms with van der Waals surface area (Å²) in [6.45, 7) is 0. The van der Waals surface area contributed by atoms with Crippen molar-refractivity contribution in [1.29, 1.82) is 0 Å². The Hall–Kier alpha value is -2.34. The van der Waals surface area contributed by atoms with Crippen LogP contribution in [0.5, 0.6) is 0 Å². The summed E-state index contributed by atoms with van der Waals surface area (Å²) >= 11 is 0. The predicted octanol–water partition coefficient (Wildman–Crippen LogP) is 3.92. The van der Waals surface area contributed by atoms with Crippen LogP contribution in [0.2, 0.25) is 0 Å². The number of sulfonamides is 1. The van der Waals surface area contributed by atoms with Crippen molar-refractivity contribution in [3.8, 4) is 0 Å². The fourth-order valence-corrected chi connectivity index (χ4v) is 4.80. The summed E-state index contributed by atoms with van der Waals surface area (Å²) in [6.07, 6.45) is 5.52. The Labute approximate surface area is 161 Å². The minimum absolute atomic E-state index is 0.122. The van der Waals surface area contributed by atoms with Crippen molar-refractivity contribution in [2.24, 2.45) is 0 Å². The number of hydrogen-bond donors (Lipinski definition) is 0. The van der Waals surface area contributed by atoms with Crippen molar-refractivity contribution in [3.05, 3.63) is 60.2 Å². The lowest BCUT2D eigenvalue weighted by Crippen LogP contribution is -2.38. The average molecular weight is 387 g/mol. The largest absolute Gasteiger partial charge is 0.339 e. The molecule has 1 aliphatic rings. The molecule has 0 spiro atoms. The van der Waals surface area contributed by atoms with Gasteiger partial charge in [-0.15, -0.1) is 0 Å². The van der Waals surface area contributed by atoms with Gasteiger partial charge in [0.15, 0.2) is 0 Å². The van der Waals surface area contributed by atoms with Gasteiger partial charge in [0.05, 0.1) is 10.6 Å². The Balaban J connectivity index is 1.85. The number of carbonyl (C=O) groups is 1. The van der Waals surface area contributed by atoms with E-state index in [0.29, 0.717) is 11.3 Å². The molecule has 0 atom stereocenters. The summed E-state index contributed by atoms with van der Waals surface area (Å²) < 4.78 is 27.2. The number of rotatable bonds is 5. The van der Waals surface area contributed by atoms with E-state index in [1.165, 1.54) is 29.9 Å². The molecule has 2 aromatic carbocycles. The molecule has 1 fully saturated rings. The standard InChI is InChI=1S/C21H26N2O3S/c1-22(18-11-5-3-6-12-18)21(24)17-10-9-15-20(16-17)27(25,26)23(2)19-13-7-4-8-14-19/h4,7-10,13-16,18H,3,5-6,11-12H2,1-2H3. The Morgan fingerprint density at radius 3 is 2.26 bits per heavy atom. The van der Waals surface area contributed by atoms with E-state index in [9.17, 15) is 13.2 Å². The molecule has 0 aromatic heterocycles. The quantitative estimate of drug-likeness (QED) is 0.783. The van der Waals surface area contributed by atoms with Gasteiger partial charge in [-0.3, -0.25) is 9.10 Å². The lowest BCUT2D eigenvalue weighted by molar-refractivity contribution is 0.0696. The second-order valence-corrected chi connectivity index (χ2v) is 9.01. The lowest BCUT2D eigenvalue weighted by atomic mass is 9.94. The maximum Gasteiger partial charge on any atom is 0.264 e. The molecule has 6 heteroatoms. The molecule has 144 valence electrons.